The van der Waals surface area contributed by atoms with Gasteiger partial charge in [0.15, 0.2) is 5.17 Å². The summed E-state index contributed by atoms with van der Waals surface area (Å²) in [6, 6.07) is 19.2. The zero-order valence-corrected chi connectivity index (χ0v) is 21.0. The number of likely N-dealkylation sites (N-methyl/N-ethyl adjacent to an activating group) is 1. The number of ether oxygens (including phenoxy) is 2. The Morgan fingerprint density at radius 1 is 1.09 bits per heavy atom. The van der Waals surface area contributed by atoms with E-state index in [1.54, 1.807) is 24.1 Å². The van der Waals surface area contributed by atoms with Crippen molar-refractivity contribution in [2.24, 2.45) is 4.99 Å². The topological polar surface area (TPSA) is 51.1 Å². The average Bonchev–Trinajstić information content (AvgIpc) is 3.13. The Bertz CT molecular complexity index is 1240. The number of methoxy groups -OCH3 is 1. The normalized spacial score (nSPS) is 15.9. The van der Waals surface area contributed by atoms with Crippen molar-refractivity contribution in [3.05, 3.63) is 93.1 Å². The van der Waals surface area contributed by atoms with Crippen LogP contribution < -0.4 is 9.47 Å². The molecule has 8 heteroatoms. The minimum atomic E-state index is -0.290. The molecule has 1 saturated heterocycles. The van der Waals surface area contributed by atoms with Crippen LogP contribution in [0.1, 0.15) is 18.1 Å². The van der Waals surface area contributed by atoms with Crippen molar-refractivity contribution in [2.45, 2.75) is 13.5 Å². The highest BCUT2D eigenvalue weighted by molar-refractivity contribution is 9.10. The fourth-order valence-corrected chi connectivity index (χ4v) is 4.72. The van der Waals surface area contributed by atoms with Gasteiger partial charge in [-0.1, -0.05) is 28.1 Å². The summed E-state index contributed by atoms with van der Waals surface area (Å²) in [6.07, 6.45) is 1.82. The molecule has 4 rings (SSSR count). The van der Waals surface area contributed by atoms with Gasteiger partial charge in [0.1, 0.15) is 23.9 Å². The van der Waals surface area contributed by atoms with Gasteiger partial charge < -0.3 is 9.47 Å². The monoisotopic (exact) mass is 540 g/mol. The number of hydrogen-bond acceptors (Lipinski definition) is 5. The number of carbonyl (C=O) groups is 1. The van der Waals surface area contributed by atoms with E-state index in [0.29, 0.717) is 22.4 Å². The van der Waals surface area contributed by atoms with Crippen molar-refractivity contribution in [3.63, 3.8) is 0 Å². The summed E-state index contributed by atoms with van der Waals surface area (Å²) < 4.78 is 25.2. The second kappa shape index (κ2) is 10.9. The van der Waals surface area contributed by atoms with Gasteiger partial charge in [0, 0.05) is 16.6 Å². The molecule has 34 heavy (non-hydrogen) atoms. The van der Waals surface area contributed by atoms with Gasteiger partial charge in [-0.3, -0.25) is 9.69 Å². The number of halogens is 2. The lowest BCUT2D eigenvalue weighted by Gasteiger charge is -2.12. The smallest absolute Gasteiger partial charge is 0.266 e. The van der Waals surface area contributed by atoms with Crippen LogP contribution in [0.15, 0.2) is 81.1 Å². The van der Waals surface area contributed by atoms with Crippen LogP contribution in [0.3, 0.4) is 0 Å². The van der Waals surface area contributed by atoms with Crippen LogP contribution >= 0.6 is 27.7 Å². The molecule has 0 saturated carbocycles. The number of thioether (sulfide) groups is 1. The molecule has 0 atom stereocenters. The van der Waals surface area contributed by atoms with Crippen molar-refractivity contribution in [3.8, 4) is 11.5 Å². The van der Waals surface area contributed by atoms with E-state index in [1.807, 2.05) is 55.5 Å². The average molecular weight is 541 g/mol. The maximum absolute atomic E-state index is 13.2. The molecule has 0 unspecified atom stereocenters. The number of carbonyl (C=O) groups excluding carboxylic acids is 1. The van der Waals surface area contributed by atoms with Crippen LogP contribution in [0.2, 0.25) is 0 Å². The van der Waals surface area contributed by atoms with E-state index >= 15 is 0 Å². The second-order valence-electron chi connectivity index (χ2n) is 7.35. The standard InChI is InChI=1S/C26H22BrFN2O3S/c1-3-30-25(31)24(34-26(30)29-21-9-11-22(32-2)12-10-21)15-18-14-19(27)6-13-23(18)33-16-17-4-7-20(28)8-5-17/h4-15H,3,16H2,1-2H3/b24-15+,29-26?. The van der Waals surface area contributed by atoms with Gasteiger partial charge in [-0.15, -0.1) is 0 Å². The molecular weight excluding hydrogens is 519 g/mol. The Morgan fingerprint density at radius 2 is 1.82 bits per heavy atom. The van der Waals surface area contributed by atoms with Crippen LogP contribution in [-0.4, -0.2) is 29.6 Å². The lowest BCUT2D eigenvalue weighted by molar-refractivity contribution is -0.122. The minimum absolute atomic E-state index is 0.107. The third-order valence-corrected chi connectivity index (χ3v) is 6.57. The van der Waals surface area contributed by atoms with Gasteiger partial charge in [0.05, 0.1) is 17.7 Å². The van der Waals surface area contributed by atoms with Crippen molar-refractivity contribution < 1.29 is 18.7 Å². The zero-order chi connectivity index (χ0) is 24.1. The van der Waals surface area contributed by atoms with E-state index in [9.17, 15) is 9.18 Å². The van der Waals surface area contributed by atoms with E-state index in [1.165, 1.54) is 23.9 Å². The van der Waals surface area contributed by atoms with Gasteiger partial charge in [-0.05, 0) is 84.9 Å². The van der Waals surface area contributed by atoms with Crippen LogP contribution in [0.5, 0.6) is 11.5 Å². The summed E-state index contributed by atoms with van der Waals surface area (Å²) in [4.78, 5) is 20.0. The largest absolute Gasteiger partial charge is 0.497 e. The first-order valence-electron chi connectivity index (χ1n) is 10.6. The lowest BCUT2D eigenvalue weighted by atomic mass is 10.1. The Hall–Kier alpha value is -3.10. The molecule has 0 aliphatic carbocycles. The van der Waals surface area contributed by atoms with E-state index in [2.05, 4.69) is 20.9 Å². The summed E-state index contributed by atoms with van der Waals surface area (Å²) in [6.45, 7) is 2.70. The fraction of sp³-hybridized carbons (Fsp3) is 0.154. The Kier molecular flexibility index (Phi) is 7.70. The number of nitrogens with zero attached hydrogens (tertiary/aromatic N) is 2. The maximum Gasteiger partial charge on any atom is 0.266 e. The molecule has 3 aromatic rings. The Labute approximate surface area is 210 Å². The second-order valence-corrected chi connectivity index (χ2v) is 9.27. The number of amidine groups is 1. The SMILES string of the molecule is CCN1C(=O)/C(=C\c2cc(Br)ccc2OCc2ccc(F)cc2)SC1=Nc1ccc(OC)cc1. The highest BCUT2D eigenvalue weighted by Gasteiger charge is 2.32. The summed E-state index contributed by atoms with van der Waals surface area (Å²) in [7, 11) is 1.61. The van der Waals surface area contributed by atoms with E-state index in [0.717, 1.165) is 27.0 Å². The molecule has 5 nitrogen and oxygen atoms in total. The number of aliphatic imine (C=N–C) groups is 1. The molecule has 0 N–H and O–H groups in total. The number of benzene rings is 3. The van der Waals surface area contributed by atoms with Gasteiger partial charge in [-0.2, -0.15) is 0 Å². The van der Waals surface area contributed by atoms with E-state index in [4.69, 9.17) is 9.47 Å². The fourth-order valence-electron chi connectivity index (χ4n) is 3.28. The number of hydrogen-bond donors (Lipinski definition) is 0. The molecule has 0 aromatic heterocycles. The van der Waals surface area contributed by atoms with Crippen LogP contribution in [0.25, 0.3) is 6.08 Å². The first-order valence-corrected chi connectivity index (χ1v) is 12.2. The molecule has 1 amide bonds. The first-order chi connectivity index (χ1) is 16.5. The Balaban J connectivity index is 1.59. The van der Waals surface area contributed by atoms with Gasteiger partial charge in [0.2, 0.25) is 0 Å². The molecule has 1 heterocycles. The predicted molar refractivity (Wildman–Crippen MR) is 138 cm³/mol. The van der Waals surface area contributed by atoms with Gasteiger partial charge in [-0.25, -0.2) is 9.38 Å². The summed E-state index contributed by atoms with van der Waals surface area (Å²) in [5, 5.41) is 0.618. The molecule has 1 aliphatic rings. The molecule has 1 fully saturated rings. The molecule has 0 spiro atoms. The number of amides is 1. The van der Waals surface area contributed by atoms with Gasteiger partial charge in [0.25, 0.3) is 5.91 Å². The van der Waals surface area contributed by atoms with Crippen molar-refractivity contribution in [1.29, 1.82) is 0 Å². The molecule has 0 bridgehead atoms. The molecule has 0 radical (unpaired) electrons. The van der Waals surface area contributed by atoms with E-state index < -0.39 is 0 Å². The van der Waals surface area contributed by atoms with Crippen LogP contribution in [0.4, 0.5) is 10.1 Å². The van der Waals surface area contributed by atoms with Gasteiger partial charge >= 0.3 is 0 Å². The highest BCUT2D eigenvalue weighted by Crippen LogP contribution is 2.36. The Morgan fingerprint density at radius 3 is 2.50 bits per heavy atom. The zero-order valence-electron chi connectivity index (χ0n) is 18.6. The summed E-state index contributed by atoms with van der Waals surface area (Å²) >= 11 is 4.82. The van der Waals surface area contributed by atoms with Crippen molar-refractivity contribution >= 4 is 50.5 Å². The molecule has 1 aliphatic heterocycles. The summed E-state index contributed by atoms with van der Waals surface area (Å²) in [5.41, 5.74) is 2.34. The quantitative estimate of drug-likeness (QED) is 0.309. The third-order valence-electron chi connectivity index (χ3n) is 5.07. The summed E-state index contributed by atoms with van der Waals surface area (Å²) in [5.74, 6) is 0.971. The molecule has 3 aromatic carbocycles. The first kappa shape index (κ1) is 24.0. The highest BCUT2D eigenvalue weighted by atomic mass is 79.9. The predicted octanol–water partition coefficient (Wildman–Crippen LogP) is 6.80. The third kappa shape index (κ3) is 5.69. The van der Waals surface area contributed by atoms with Crippen LogP contribution in [-0.2, 0) is 11.4 Å². The lowest BCUT2D eigenvalue weighted by Crippen LogP contribution is -2.28. The van der Waals surface area contributed by atoms with Crippen LogP contribution in [0, 0.1) is 5.82 Å². The number of rotatable bonds is 7. The van der Waals surface area contributed by atoms with Crippen molar-refractivity contribution in [2.75, 3.05) is 13.7 Å². The van der Waals surface area contributed by atoms with E-state index in [-0.39, 0.29) is 18.3 Å². The molecular formula is C26H22BrFN2O3S. The minimum Gasteiger partial charge on any atom is -0.497 e. The maximum atomic E-state index is 13.2. The van der Waals surface area contributed by atoms with Crippen molar-refractivity contribution in [1.82, 2.24) is 4.90 Å². The molecule has 174 valence electrons.